The quantitative estimate of drug-likeness (QED) is 0.266. The predicted molar refractivity (Wildman–Crippen MR) is 119 cm³/mol. The van der Waals surface area contributed by atoms with E-state index in [-0.39, 0.29) is 5.56 Å². The number of aromatic nitrogens is 2. The van der Waals surface area contributed by atoms with Crippen LogP contribution in [0.2, 0.25) is 0 Å². The van der Waals surface area contributed by atoms with E-state index in [1.807, 2.05) is 36.4 Å². The number of esters is 1. The minimum absolute atomic E-state index is 0.172. The van der Waals surface area contributed by atoms with Gasteiger partial charge in [0.05, 0.1) is 29.3 Å². The highest BCUT2D eigenvalue weighted by molar-refractivity contribution is 7.98. The van der Waals surface area contributed by atoms with Crippen LogP contribution in [0.25, 0.3) is 16.6 Å². The number of fused-ring (bicyclic) bond motifs is 1. The minimum atomic E-state index is -0.458. The summed E-state index contributed by atoms with van der Waals surface area (Å²) >= 11 is 1.49. The lowest BCUT2D eigenvalue weighted by Crippen LogP contribution is -2.22. The number of ether oxygens (including phenoxy) is 1. The number of carbonyl (C=O) groups excluding carboxylic acids is 1. The van der Waals surface area contributed by atoms with Gasteiger partial charge in [-0.3, -0.25) is 9.36 Å². The highest BCUT2D eigenvalue weighted by Crippen LogP contribution is 2.25. The molecule has 0 aliphatic rings. The topological polar surface area (TPSA) is 61.2 Å². The molecule has 4 aromatic rings. The third-order valence-electron chi connectivity index (χ3n) is 4.72. The average Bonchev–Trinajstić information content (AvgIpc) is 2.77. The van der Waals surface area contributed by atoms with Crippen molar-refractivity contribution in [2.45, 2.75) is 17.8 Å². The molecule has 0 unspecified atom stereocenters. The molecule has 0 amide bonds. The van der Waals surface area contributed by atoms with Crippen LogP contribution in [0.3, 0.4) is 0 Å². The second-order valence-electron chi connectivity index (χ2n) is 6.87. The molecule has 0 bridgehead atoms. The SMILES string of the molecule is COC(=O)c1ccc2c(=O)n(-c3ccccc3)c(SCc3cccc(C)c3)nc2c1. The Morgan fingerprint density at radius 2 is 1.83 bits per heavy atom. The van der Waals surface area contributed by atoms with Crippen molar-refractivity contribution < 1.29 is 9.53 Å². The number of methoxy groups -OCH3 is 1. The van der Waals surface area contributed by atoms with Crippen LogP contribution in [-0.4, -0.2) is 22.6 Å². The van der Waals surface area contributed by atoms with Gasteiger partial charge in [-0.25, -0.2) is 9.78 Å². The monoisotopic (exact) mass is 416 g/mol. The molecule has 5 nitrogen and oxygen atoms in total. The summed E-state index contributed by atoms with van der Waals surface area (Å²) in [6.07, 6.45) is 0. The van der Waals surface area contributed by atoms with Crippen LogP contribution in [0.1, 0.15) is 21.5 Å². The van der Waals surface area contributed by atoms with E-state index in [1.54, 1.807) is 22.8 Å². The number of rotatable bonds is 5. The fourth-order valence-electron chi connectivity index (χ4n) is 3.26. The molecule has 3 aromatic carbocycles. The molecule has 0 saturated carbocycles. The summed E-state index contributed by atoms with van der Waals surface area (Å²) in [7, 11) is 1.33. The zero-order chi connectivity index (χ0) is 21.1. The zero-order valence-electron chi connectivity index (χ0n) is 16.7. The number of aryl methyl sites for hydroxylation is 1. The predicted octanol–water partition coefficient (Wildman–Crippen LogP) is 4.77. The van der Waals surface area contributed by atoms with E-state index in [2.05, 4.69) is 25.1 Å². The molecule has 0 aliphatic carbocycles. The van der Waals surface area contributed by atoms with Crippen LogP contribution in [0.15, 0.2) is 82.7 Å². The van der Waals surface area contributed by atoms with Crippen LogP contribution < -0.4 is 5.56 Å². The van der Waals surface area contributed by atoms with Gasteiger partial charge in [0.1, 0.15) is 0 Å². The van der Waals surface area contributed by atoms with Crippen molar-refractivity contribution >= 4 is 28.6 Å². The maximum absolute atomic E-state index is 13.4. The first-order valence-corrected chi connectivity index (χ1v) is 10.4. The van der Waals surface area contributed by atoms with Crippen LogP contribution >= 0.6 is 11.8 Å². The molecule has 1 aromatic heterocycles. The van der Waals surface area contributed by atoms with Gasteiger partial charge < -0.3 is 4.74 Å². The van der Waals surface area contributed by atoms with Crippen molar-refractivity contribution in [2.75, 3.05) is 7.11 Å². The first-order chi connectivity index (χ1) is 14.6. The Morgan fingerprint density at radius 3 is 2.57 bits per heavy atom. The molecule has 0 aliphatic heterocycles. The molecule has 0 N–H and O–H groups in total. The lowest BCUT2D eigenvalue weighted by Gasteiger charge is -2.14. The number of thioether (sulfide) groups is 1. The molecule has 0 fully saturated rings. The van der Waals surface area contributed by atoms with Crippen molar-refractivity contribution in [2.24, 2.45) is 0 Å². The number of hydrogen-bond acceptors (Lipinski definition) is 5. The van der Waals surface area contributed by atoms with Crippen molar-refractivity contribution in [1.29, 1.82) is 0 Å². The smallest absolute Gasteiger partial charge is 0.337 e. The van der Waals surface area contributed by atoms with Gasteiger partial charge in [0.2, 0.25) is 0 Å². The molecule has 0 spiro atoms. The molecule has 0 radical (unpaired) electrons. The van der Waals surface area contributed by atoms with E-state index >= 15 is 0 Å². The first kappa shape index (κ1) is 19.9. The molecule has 30 heavy (non-hydrogen) atoms. The fraction of sp³-hybridized carbons (Fsp3) is 0.125. The molecule has 6 heteroatoms. The number of para-hydroxylation sites is 1. The highest BCUT2D eigenvalue weighted by atomic mass is 32.2. The largest absolute Gasteiger partial charge is 0.465 e. The van der Waals surface area contributed by atoms with Gasteiger partial charge in [-0.15, -0.1) is 0 Å². The lowest BCUT2D eigenvalue weighted by molar-refractivity contribution is 0.0601. The summed E-state index contributed by atoms with van der Waals surface area (Å²) in [6, 6.07) is 22.5. The second kappa shape index (κ2) is 8.55. The van der Waals surface area contributed by atoms with Crippen molar-refractivity contribution in [3.8, 4) is 5.69 Å². The van der Waals surface area contributed by atoms with Crippen molar-refractivity contribution in [1.82, 2.24) is 9.55 Å². The van der Waals surface area contributed by atoms with Gasteiger partial charge in [-0.1, -0.05) is 59.8 Å². The minimum Gasteiger partial charge on any atom is -0.465 e. The van der Waals surface area contributed by atoms with E-state index in [0.29, 0.717) is 27.4 Å². The summed E-state index contributed by atoms with van der Waals surface area (Å²) in [5.74, 6) is 0.211. The third-order valence-corrected chi connectivity index (χ3v) is 5.73. The average molecular weight is 417 g/mol. The summed E-state index contributed by atoms with van der Waals surface area (Å²) in [5.41, 5.74) is 3.75. The first-order valence-electron chi connectivity index (χ1n) is 9.46. The number of carbonyl (C=O) groups is 1. The summed E-state index contributed by atoms with van der Waals surface area (Å²) in [6.45, 7) is 2.05. The number of hydrogen-bond donors (Lipinski definition) is 0. The van der Waals surface area contributed by atoms with Gasteiger partial charge in [0.25, 0.3) is 5.56 Å². The molecule has 4 rings (SSSR count). The molecule has 0 atom stereocenters. The molecule has 0 saturated heterocycles. The second-order valence-corrected chi connectivity index (χ2v) is 7.81. The molecule has 150 valence electrons. The van der Waals surface area contributed by atoms with Crippen molar-refractivity contribution in [3.05, 3.63) is 99.8 Å². The van der Waals surface area contributed by atoms with Crippen LogP contribution in [0.5, 0.6) is 0 Å². The van der Waals surface area contributed by atoms with Gasteiger partial charge >= 0.3 is 5.97 Å². The van der Waals surface area contributed by atoms with Gasteiger partial charge in [0, 0.05) is 5.75 Å². The van der Waals surface area contributed by atoms with E-state index < -0.39 is 5.97 Å². The van der Waals surface area contributed by atoms with Gasteiger partial charge in [-0.2, -0.15) is 0 Å². The fourth-order valence-corrected chi connectivity index (χ4v) is 4.22. The lowest BCUT2D eigenvalue weighted by atomic mass is 10.1. The van der Waals surface area contributed by atoms with Crippen LogP contribution in [0, 0.1) is 6.92 Å². The Labute approximate surface area is 178 Å². The van der Waals surface area contributed by atoms with E-state index in [0.717, 1.165) is 11.3 Å². The zero-order valence-corrected chi connectivity index (χ0v) is 17.5. The highest BCUT2D eigenvalue weighted by Gasteiger charge is 2.15. The Hall–Kier alpha value is -3.38. The Kier molecular flexibility index (Phi) is 5.68. The molecular weight excluding hydrogens is 396 g/mol. The van der Waals surface area contributed by atoms with Gasteiger partial charge in [0.15, 0.2) is 5.16 Å². The molecular formula is C24H20N2O3S. The van der Waals surface area contributed by atoms with Crippen LogP contribution in [-0.2, 0) is 10.5 Å². The van der Waals surface area contributed by atoms with E-state index in [9.17, 15) is 9.59 Å². The number of nitrogens with zero attached hydrogens (tertiary/aromatic N) is 2. The van der Waals surface area contributed by atoms with Crippen LogP contribution in [0.4, 0.5) is 0 Å². The third kappa shape index (κ3) is 4.00. The summed E-state index contributed by atoms with van der Waals surface area (Å²) < 4.78 is 6.43. The van der Waals surface area contributed by atoms with Crippen molar-refractivity contribution in [3.63, 3.8) is 0 Å². The number of benzene rings is 3. The summed E-state index contributed by atoms with van der Waals surface area (Å²) in [5, 5.41) is 1.02. The Morgan fingerprint density at radius 1 is 1.03 bits per heavy atom. The van der Waals surface area contributed by atoms with E-state index in [4.69, 9.17) is 9.72 Å². The normalized spacial score (nSPS) is 10.9. The van der Waals surface area contributed by atoms with Gasteiger partial charge in [-0.05, 0) is 42.8 Å². The Balaban J connectivity index is 1.85. The summed E-state index contributed by atoms with van der Waals surface area (Å²) in [4.78, 5) is 30.0. The maximum atomic E-state index is 13.4. The Bertz CT molecular complexity index is 1280. The standard InChI is InChI=1S/C24H20N2O3S/c1-16-7-6-8-17(13-16)15-30-24-25-21-14-18(23(28)29-2)11-12-20(21)22(27)26(24)19-9-4-3-5-10-19/h3-14H,15H2,1-2H3. The molecule has 1 heterocycles. The maximum Gasteiger partial charge on any atom is 0.337 e. The van der Waals surface area contributed by atoms with E-state index in [1.165, 1.54) is 24.4 Å².